The summed E-state index contributed by atoms with van der Waals surface area (Å²) in [6.45, 7) is 5.24. The number of primary sulfonamides is 1. The summed E-state index contributed by atoms with van der Waals surface area (Å²) >= 11 is 0. The van der Waals surface area contributed by atoms with Crippen molar-refractivity contribution in [3.05, 3.63) is 65.4 Å². The van der Waals surface area contributed by atoms with E-state index in [1.807, 2.05) is 11.5 Å². The predicted octanol–water partition coefficient (Wildman–Crippen LogP) is 2.09. The number of anilines is 1. The van der Waals surface area contributed by atoms with E-state index in [1.165, 1.54) is 12.3 Å². The first kappa shape index (κ1) is 18.7. The van der Waals surface area contributed by atoms with E-state index in [1.54, 1.807) is 44.4 Å². The lowest BCUT2D eigenvalue weighted by Gasteiger charge is -2.11. The number of pyridine rings is 1. The fourth-order valence-corrected chi connectivity index (χ4v) is 3.56. The lowest BCUT2D eigenvalue weighted by molar-refractivity contribution is 0.102. The summed E-state index contributed by atoms with van der Waals surface area (Å²) in [6, 6.07) is 6.36. The number of nitrogens with one attached hydrogen (secondary N) is 1. The number of amides is 1. The number of aryl methyl sites for hydroxylation is 2. The zero-order valence-corrected chi connectivity index (χ0v) is 15.9. The second-order valence-electron chi connectivity index (χ2n) is 6.16. The molecule has 2 heterocycles. The van der Waals surface area contributed by atoms with Crippen molar-refractivity contribution < 1.29 is 13.2 Å². The summed E-state index contributed by atoms with van der Waals surface area (Å²) < 4.78 is 25.3. The Kier molecular flexibility index (Phi) is 4.81. The third kappa shape index (κ3) is 3.88. The first-order valence-electron chi connectivity index (χ1n) is 8.08. The van der Waals surface area contributed by atoms with Gasteiger partial charge in [0.05, 0.1) is 16.8 Å². The van der Waals surface area contributed by atoms with Gasteiger partial charge in [-0.25, -0.2) is 23.5 Å². The lowest BCUT2D eigenvalue weighted by Crippen LogP contribution is -2.18. The van der Waals surface area contributed by atoms with Gasteiger partial charge in [0.25, 0.3) is 5.91 Å². The number of carbonyl (C=O) groups excluding carboxylic acids is 1. The fraction of sp³-hybridized carbons (Fsp3) is 0.167. The van der Waals surface area contributed by atoms with Crippen LogP contribution in [0.2, 0.25) is 0 Å². The zero-order chi connectivity index (χ0) is 19.8. The minimum absolute atomic E-state index is 0.0586. The summed E-state index contributed by atoms with van der Waals surface area (Å²) in [5.41, 5.74) is 1.88. The molecule has 0 fully saturated rings. The molecule has 2 aromatic heterocycles. The molecule has 0 aliphatic rings. The Morgan fingerprint density at radius 1 is 1.15 bits per heavy atom. The molecule has 0 saturated heterocycles. The van der Waals surface area contributed by atoms with Crippen molar-refractivity contribution in [1.29, 1.82) is 0 Å². The quantitative estimate of drug-likeness (QED) is 0.712. The predicted molar refractivity (Wildman–Crippen MR) is 101 cm³/mol. The third-order valence-electron chi connectivity index (χ3n) is 4.27. The van der Waals surface area contributed by atoms with Crippen molar-refractivity contribution in [2.45, 2.75) is 25.7 Å². The number of carbonyl (C=O) groups is 1. The maximum Gasteiger partial charge on any atom is 0.255 e. The van der Waals surface area contributed by atoms with Gasteiger partial charge >= 0.3 is 0 Å². The molecule has 1 amide bonds. The van der Waals surface area contributed by atoms with Crippen molar-refractivity contribution in [3.63, 3.8) is 0 Å². The van der Waals surface area contributed by atoms with E-state index in [0.29, 0.717) is 22.6 Å². The average Bonchev–Trinajstić information content (AvgIpc) is 3.02. The molecule has 3 N–H and O–H groups in total. The monoisotopic (exact) mass is 385 g/mol. The SMILES string of the molecule is Cc1cc(C(=O)Nc2ccc(-n3ccnc3C)nc2)cc(S(N)(=O)=O)c1C. The van der Waals surface area contributed by atoms with Crippen LogP contribution in [0.1, 0.15) is 27.3 Å². The Morgan fingerprint density at radius 2 is 1.89 bits per heavy atom. The molecule has 9 heteroatoms. The molecular weight excluding hydrogens is 366 g/mol. The van der Waals surface area contributed by atoms with Crippen molar-refractivity contribution >= 4 is 21.6 Å². The second kappa shape index (κ2) is 6.93. The lowest BCUT2D eigenvalue weighted by atomic mass is 10.1. The van der Waals surface area contributed by atoms with Crippen LogP contribution in [0.3, 0.4) is 0 Å². The minimum Gasteiger partial charge on any atom is -0.321 e. The van der Waals surface area contributed by atoms with E-state index < -0.39 is 15.9 Å². The molecular formula is C18H19N5O3S. The molecule has 8 nitrogen and oxygen atoms in total. The minimum atomic E-state index is -3.92. The van der Waals surface area contributed by atoms with Crippen LogP contribution in [0.15, 0.2) is 47.8 Å². The Bertz CT molecular complexity index is 1120. The van der Waals surface area contributed by atoms with Gasteiger partial charge in [0.15, 0.2) is 0 Å². The van der Waals surface area contributed by atoms with Crippen molar-refractivity contribution in [2.75, 3.05) is 5.32 Å². The first-order valence-corrected chi connectivity index (χ1v) is 9.63. The van der Waals surface area contributed by atoms with Crippen LogP contribution in [-0.4, -0.2) is 28.9 Å². The molecule has 3 aromatic rings. The van der Waals surface area contributed by atoms with E-state index in [9.17, 15) is 13.2 Å². The molecule has 3 rings (SSSR count). The molecule has 0 radical (unpaired) electrons. The molecule has 0 aliphatic heterocycles. The molecule has 27 heavy (non-hydrogen) atoms. The summed E-state index contributed by atoms with van der Waals surface area (Å²) in [4.78, 5) is 20.9. The van der Waals surface area contributed by atoms with Crippen molar-refractivity contribution in [1.82, 2.24) is 14.5 Å². The van der Waals surface area contributed by atoms with Gasteiger partial charge in [-0.2, -0.15) is 0 Å². The molecule has 140 valence electrons. The van der Waals surface area contributed by atoms with Crippen LogP contribution in [-0.2, 0) is 10.0 Å². The van der Waals surface area contributed by atoms with Crippen LogP contribution in [0, 0.1) is 20.8 Å². The Morgan fingerprint density at radius 3 is 2.44 bits per heavy atom. The largest absolute Gasteiger partial charge is 0.321 e. The molecule has 0 atom stereocenters. The molecule has 1 aromatic carbocycles. The smallest absolute Gasteiger partial charge is 0.255 e. The van der Waals surface area contributed by atoms with Gasteiger partial charge in [-0.15, -0.1) is 0 Å². The van der Waals surface area contributed by atoms with Gasteiger partial charge in [-0.3, -0.25) is 9.36 Å². The zero-order valence-electron chi connectivity index (χ0n) is 15.1. The topological polar surface area (TPSA) is 120 Å². The summed E-state index contributed by atoms with van der Waals surface area (Å²) in [6.07, 6.45) is 4.99. The van der Waals surface area contributed by atoms with Crippen molar-refractivity contribution in [3.8, 4) is 5.82 Å². The maximum absolute atomic E-state index is 12.5. The molecule has 0 bridgehead atoms. The number of sulfonamides is 1. The highest BCUT2D eigenvalue weighted by atomic mass is 32.2. The number of aromatic nitrogens is 3. The normalized spacial score (nSPS) is 11.4. The van der Waals surface area contributed by atoms with Crippen LogP contribution in [0.25, 0.3) is 5.82 Å². The van der Waals surface area contributed by atoms with Crippen LogP contribution >= 0.6 is 0 Å². The summed E-state index contributed by atoms with van der Waals surface area (Å²) in [7, 11) is -3.92. The van der Waals surface area contributed by atoms with Crippen molar-refractivity contribution in [2.24, 2.45) is 5.14 Å². The van der Waals surface area contributed by atoms with E-state index in [-0.39, 0.29) is 10.5 Å². The fourth-order valence-electron chi connectivity index (χ4n) is 2.68. The molecule has 0 unspecified atom stereocenters. The van der Waals surface area contributed by atoms with E-state index >= 15 is 0 Å². The summed E-state index contributed by atoms with van der Waals surface area (Å²) in [5, 5.41) is 7.96. The number of hydrogen-bond donors (Lipinski definition) is 2. The van der Waals surface area contributed by atoms with Crippen LogP contribution in [0.4, 0.5) is 5.69 Å². The highest BCUT2D eigenvalue weighted by molar-refractivity contribution is 7.89. The number of rotatable bonds is 4. The van der Waals surface area contributed by atoms with Crippen LogP contribution in [0.5, 0.6) is 0 Å². The van der Waals surface area contributed by atoms with Gasteiger partial charge in [0, 0.05) is 18.0 Å². The highest BCUT2D eigenvalue weighted by Gasteiger charge is 2.17. The van der Waals surface area contributed by atoms with Gasteiger partial charge in [0.2, 0.25) is 10.0 Å². The third-order valence-corrected chi connectivity index (χ3v) is 5.30. The Labute approximate surface area is 157 Å². The summed E-state index contributed by atoms with van der Waals surface area (Å²) in [5.74, 6) is 1.02. The number of nitrogens with zero attached hydrogens (tertiary/aromatic N) is 3. The van der Waals surface area contributed by atoms with Gasteiger partial charge in [0.1, 0.15) is 11.6 Å². The second-order valence-corrected chi connectivity index (χ2v) is 7.69. The van der Waals surface area contributed by atoms with Gasteiger partial charge < -0.3 is 5.32 Å². The average molecular weight is 385 g/mol. The Balaban J connectivity index is 1.86. The maximum atomic E-state index is 12.5. The molecule has 0 aliphatic carbocycles. The van der Waals surface area contributed by atoms with Gasteiger partial charge in [-0.05, 0) is 56.2 Å². The number of benzene rings is 1. The van der Waals surface area contributed by atoms with Crippen LogP contribution < -0.4 is 10.5 Å². The molecule has 0 spiro atoms. The van der Waals surface area contributed by atoms with Gasteiger partial charge in [-0.1, -0.05) is 0 Å². The highest BCUT2D eigenvalue weighted by Crippen LogP contribution is 2.21. The standard InChI is InChI=1S/C18H19N5O3S/c1-11-8-14(9-16(12(11)2)27(19,25)26)18(24)22-15-4-5-17(21-10-15)23-7-6-20-13(23)3/h4-10H,1-3H3,(H,22,24)(H2,19,25,26). The number of imidazole rings is 1. The van der Waals surface area contributed by atoms with E-state index in [2.05, 4.69) is 15.3 Å². The number of nitrogens with two attached hydrogens (primary N) is 1. The molecule has 0 saturated carbocycles. The van der Waals surface area contributed by atoms with E-state index in [0.717, 1.165) is 5.82 Å². The van der Waals surface area contributed by atoms with E-state index in [4.69, 9.17) is 5.14 Å². The first-order chi connectivity index (χ1) is 12.7. The Hall–Kier alpha value is -3.04. The number of hydrogen-bond acceptors (Lipinski definition) is 5.